The van der Waals surface area contributed by atoms with Gasteiger partial charge >= 0.3 is 0 Å². The van der Waals surface area contributed by atoms with E-state index in [1.54, 1.807) is 0 Å². The van der Waals surface area contributed by atoms with Gasteiger partial charge in [0.25, 0.3) is 0 Å². The maximum atomic E-state index is 3.55. The molecule has 1 N–H and O–H groups in total. The molecule has 0 aliphatic rings. The minimum Gasteiger partial charge on any atom is -0.309 e. The van der Waals surface area contributed by atoms with E-state index >= 15 is 0 Å². The van der Waals surface area contributed by atoms with Crippen LogP contribution in [0.3, 0.4) is 0 Å². The van der Waals surface area contributed by atoms with Crippen LogP contribution in [0, 0.1) is 0 Å². The Labute approximate surface area is 127 Å². The van der Waals surface area contributed by atoms with Crippen molar-refractivity contribution in [2.75, 3.05) is 12.3 Å². The first-order chi connectivity index (χ1) is 9.25. The SMILES string of the molecule is C[C@H](NCCSc1ccccc1)c1cccc(Br)c1. The van der Waals surface area contributed by atoms with Crippen molar-refractivity contribution in [3.05, 3.63) is 64.6 Å². The fourth-order valence-electron chi connectivity index (χ4n) is 1.85. The second kappa shape index (κ2) is 7.73. The lowest BCUT2D eigenvalue weighted by atomic mass is 10.1. The summed E-state index contributed by atoms with van der Waals surface area (Å²) in [5, 5.41) is 3.55. The Kier molecular flexibility index (Phi) is 5.95. The average Bonchev–Trinajstić information content (AvgIpc) is 2.44. The summed E-state index contributed by atoms with van der Waals surface area (Å²) < 4.78 is 1.14. The number of thioether (sulfide) groups is 1. The van der Waals surface area contributed by atoms with Crippen molar-refractivity contribution < 1.29 is 0 Å². The van der Waals surface area contributed by atoms with E-state index in [2.05, 4.69) is 82.8 Å². The summed E-state index contributed by atoms with van der Waals surface area (Å²) in [5.41, 5.74) is 1.32. The monoisotopic (exact) mass is 335 g/mol. The van der Waals surface area contributed by atoms with Crippen molar-refractivity contribution >= 4 is 27.7 Å². The molecule has 0 aliphatic heterocycles. The van der Waals surface area contributed by atoms with Crippen molar-refractivity contribution in [3.63, 3.8) is 0 Å². The summed E-state index contributed by atoms with van der Waals surface area (Å²) in [7, 11) is 0. The van der Waals surface area contributed by atoms with E-state index in [1.165, 1.54) is 10.5 Å². The molecule has 0 unspecified atom stereocenters. The highest BCUT2D eigenvalue weighted by Gasteiger charge is 2.04. The third kappa shape index (κ3) is 5.01. The largest absolute Gasteiger partial charge is 0.309 e. The van der Waals surface area contributed by atoms with Crippen molar-refractivity contribution in [2.24, 2.45) is 0 Å². The van der Waals surface area contributed by atoms with Gasteiger partial charge < -0.3 is 5.32 Å². The molecule has 1 nitrogen and oxygen atoms in total. The van der Waals surface area contributed by atoms with Crippen LogP contribution in [0.5, 0.6) is 0 Å². The van der Waals surface area contributed by atoms with Crippen LogP contribution in [-0.4, -0.2) is 12.3 Å². The number of hydrogen-bond donors (Lipinski definition) is 1. The summed E-state index contributed by atoms with van der Waals surface area (Å²) in [6.45, 7) is 3.21. The Morgan fingerprint density at radius 2 is 1.89 bits per heavy atom. The summed E-state index contributed by atoms with van der Waals surface area (Å²) in [6, 6.07) is 19.4. The van der Waals surface area contributed by atoms with Gasteiger partial charge in [-0.2, -0.15) is 0 Å². The minimum absolute atomic E-state index is 0.383. The molecule has 0 fully saturated rings. The molecule has 0 aromatic heterocycles. The lowest BCUT2D eigenvalue weighted by Crippen LogP contribution is -2.21. The highest BCUT2D eigenvalue weighted by atomic mass is 79.9. The Balaban J connectivity index is 1.74. The van der Waals surface area contributed by atoms with Crippen molar-refractivity contribution in [2.45, 2.75) is 17.9 Å². The molecule has 0 saturated carbocycles. The van der Waals surface area contributed by atoms with E-state index in [0.29, 0.717) is 6.04 Å². The maximum Gasteiger partial charge on any atom is 0.0292 e. The second-order valence-corrected chi connectivity index (χ2v) is 6.48. The number of rotatable bonds is 6. The van der Waals surface area contributed by atoms with E-state index in [-0.39, 0.29) is 0 Å². The summed E-state index contributed by atoms with van der Waals surface area (Å²) >= 11 is 5.40. The first kappa shape index (κ1) is 14.6. The van der Waals surface area contributed by atoms with E-state index in [9.17, 15) is 0 Å². The predicted molar refractivity (Wildman–Crippen MR) is 87.7 cm³/mol. The number of nitrogens with one attached hydrogen (secondary N) is 1. The first-order valence-corrected chi connectivity index (χ1v) is 8.20. The van der Waals surface area contributed by atoms with Gasteiger partial charge in [0.1, 0.15) is 0 Å². The fourth-order valence-corrected chi connectivity index (χ4v) is 3.08. The van der Waals surface area contributed by atoms with Crippen LogP contribution in [0.4, 0.5) is 0 Å². The Morgan fingerprint density at radius 1 is 1.11 bits per heavy atom. The third-order valence-corrected chi connectivity index (χ3v) is 4.42. The normalized spacial score (nSPS) is 12.3. The summed E-state index contributed by atoms with van der Waals surface area (Å²) in [6.07, 6.45) is 0. The van der Waals surface area contributed by atoms with E-state index in [1.807, 2.05) is 11.8 Å². The molecule has 0 amide bonds. The van der Waals surface area contributed by atoms with Gasteiger partial charge in [0, 0.05) is 27.7 Å². The average molecular weight is 336 g/mol. The molecular weight excluding hydrogens is 318 g/mol. The van der Waals surface area contributed by atoms with Gasteiger partial charge in [0.2, 0.25) is 0 Å². The standard InChI is InChI=1S/C16H18BrNS/c1-13(14-6-5-7-15(17)12-14)18-10-11-19-16-8-3-2-4-9-16/h2-9,12-13,18H,10-11H2,1H3/t13-/m0/s1. The number of hydrogen-bond acceptors (Lipinski definition) is 2. The fraction of sp³-hybridized carbons (Fsp3) is 0.250. The smallest absolute Gasteiger partial charge is 0.0292 e. The van der Waals surface area contributed by atoms with Crippen LogP contribution < -0.4 is 5.32 Å². The molecular formula is C16H18BrNS. The van der Waals surface area contributed by atoms with E-state index < -0.39 is 0 Å². The van der Waals surface area contributed by atoms with Crippen LogP contribution in [-0.2, 0) is 0 Å². The van der Waals surface area contributed by atoms with Gasteiger partial charge in [-0.25, -0.2) is 0 Å². The molecule has 2 aromatic rings. The van der Waals surface area contributed by atoms with E-state index in [4.69, 9.17) is 0 Å². The Bertz CT molecular complexity index is 501. The molecule has 3 heteroatoms. The Hall–Kier alpha value is -0.770. The van der Waals surface area contributed by atoms with Crippen molar-refractivity contribution in [1.82, 2.24) is 5.32 Å². The quantitative estimate of drug-likeness (QED) is 0.595. The van der Waals surface area contributed by atoms with Gasteiger partial charge in [-0.15, -0.1) is 11.8 Å². The maximum absolute atomic E-state index is 3.55. The molecule has 19 heavy (non-hydrogen) atoms. The minimum atomic E-state index is 0.383. The molecule has 100 valence electrons. The van der Waals surface area contributed by atoms with Gasteiger partial charge in [0.15, 0.2) is 0 Å². The zero-order valence-corrected chi connectivity index (χ0v) is 13.4. The molecule has 0 saturated heterocycles. The van der Waals surface area contributed by atoms with Crippen molar-refractivity contribution in [1.29, 1.82) is 0 Å². The lowest BCUT2D eigenvalue weighted by molar-refractivity contribution is 0.601. The molecule has 2 rings (SSSR count). The van der Waals surface area contributed by atoms with Gasteiger partial charge in [-0.3, -0.25) is 0 Å². The third-order valence-electron chi connectivity index (χ3n) is 2.91. The molecule has 0 heterocycles. The molecule has 1 atom stereocenters. The van der Waals surface area contributed by atoms with Crippen LogP contribution in [0.1, 0.15) is 18.5 Å². The van der Waals surface area contributed by atoms with Gasteiger partial charge in [-0.05, 0) is 36.8 Å². The summed E-state index contributed by atoms with van der Waals surface area (Å²) in [4.78, 5) is 1.33. The molecule has 0 aliphatic carbocycles. The predicted octanol–water partition coefficient (Wildman–Crippen LogP) is 4.89. The van der Waals surface area contributed by atoms with Crippen molar-refractivity contribution in [3.8, 4) is 0 Å². The highest BCUT2D eigenvalue weighted by Crippen LogP contribution is 2.19. The Morgan fingerprint density at radius 3 is 2.63 bits per heavy atom. The molecule has 0 bridgehead atoms. The van der Waals surface area contributed by atoms with E-state index in [0.717, 1.165) is 16.8 Å². The van der Waals surface area contributed by atoms with Gasteiger partial charge in [0.05, 0.1) is 0 Å². The second-order valence-electron chi connectivity index (χ2n) is 4.39. The zero-order valence-electron chi connectivity index (χ0n) is 11.0. The molecule has 2 aromatic carbocycles. The lowest BCUT2D eigenvalue weighted by Gasteiger charge is -2.14. The van der Waals surface area contributed by atoms with Crippen LogP contribution in [0.2, 0.25) is 0 Å². The van der Waals surface area contributed by atoms with Gasteiger partial charge in [-0.1, -0.05) is 46.3 Å². The van der Waals surface area contributed by atoms with Crippen LogP contribution >= 0.6 is 27.7 Å². The van der Waals surface area contributed by atoms with Crippen LogP contribution in [0.15, 0.2) is 64.0 Å². The molecule has 0 spiro atoms. The number of halogens is 1. The first-order valence-electron chi connectivity index (χ1n) is 6.42. The summed E-state index contributed by atoms with van der Waals surface area (Å²) in [5.74, 6) is 1.09. The molecule has 0 radical (unpaired) electrons. The number of benzene rings is 2. The topological polar surface area (TPSA) is 12.0 Å². The zero-order chi connectivity index (χ0) is 13.5. The van der Waals surface area contributed by atoms with Crippen LogP contribution in [0.25, 0.3) is 0 Å². The highest BCUT2D eigenvalue weighted by molar-refractivity contribution is 9.10.